The first-order valence-electron chi connectivity index (χ1n) is 14.9. The van der Waals surface area contributed by atoms with Gasteiger partial charge in [-0.1, -0.05) is 12.1 Å². The number of amides is 2. The zero-order valence-corrected chi connectivity index (χ0v) is 26.2. The van der Waals surface area contributed by atoms with E-state index in [0.29, 0.717) is 19.5 Å². The van der Waals surface area contributed by atoms with Crippen molar-refractivity contribution in [2.75, 3.05) is 13.1 Å². The second-order valence-corrected chi connectivity index (χ2v) is 14.3. The Morgan fingerprint density at radius 3 is 2.44 bits per heavy atom. The first kappa shape index (κ1) is 31.1. The molecule has 3 aliphatic rings. The minimum atomic E-state index is -0.907. The molecule has 1 aromatic carbocycles. The monoisotopic (exact) mass is 572 g/mol. The van der Waals surface area contributed by atoms with E-state index >= 15 is 0 Å². The van der Waals surface area contributed by atoms with Crippen molar-refractivity contribution in [2.45, 2.75) is 123 Å². The Kier molecular flexibility index (Phi) is 8.70. The molecule has 3 heterocycles. The van der Waals surface area contributed by atoms with Crippen LogP contribution in [0, 0.1) is 18.8 Å². The Morgan fingerprint density at radius 2 is 1.78 bits per heavy atom. The molecule has 4 rings (SSSR count). The van der Waals surface area contributed by atoms with Gasteiger partial charge in [-0.2, -0.15) is 0 Å². The van der Waals surface area contributed by atoms with Gasteiger partial charge in [-0.15, -0.1) is 0 Å². The van der Waals surface area contributed by atoms with Crippen molar-refractivity contribution in [3.63, 3.8) is 0 Å². The minimum absolute atomic E-state index is 0.000640. The lowest BCUT2D eigenvalue weighted by Gasteiger charge is -2.53. The maximum Gasteiger partial charge on any atom is 0.408 e. The molecule has 2 saturated heterocycles. The minimum Gasteiger partial charge on any atom is -0.487 e. The Balaban J connectivity index is 1.47. The molecule has 9 nitrogen and oxygen atoms in total. The molecule has 228 valence electrons. The molecule has 1 N–H and O–H groups in total. The van der Waals surface area contributed by atoms with E-state index in [1.165, 1.54) is 0 Å². The third-order valence-corrected chi connectivity index (χ3v) is 8.01. The Labute approximate surface area is 244 Å². The Morgan fingerprint density at radius 1 is 1.10 bits per heavy atom. The highest BCUT2D eigenvalue weighted by atomic mass is 16.6. The predicted octanol–water partition coefficient (Wildman–Crippen LogP) is 5.48. The number of aryl methyl sites for hydroxylation is 1. The summed E-state index contributed by atoms with van der Waals surface area (Å²) in [7, 11) is 0. The summed E-state index contributed by atoms with van der Waals surface area (Å²) >= 11 is 0. The SMILES string of the molecule is Cc1ccc2c(c1)OC(C)(C)[C@H]1C[C@@H]3CN(C(=O)[C@H](CCC(=O)OC(C)(C)C)NC(=O)OC(C)(C)C)CC[C@@H]3O[C@H]21. The van der Waals surface area contributed by atoms with Gasteiger partial charge in [0.15, 0.2) is 0 Å². The highest BCUT2D eigenvalue weighted by Gasteiger charge is 2.51. The van der Waals surface area contributed by atoms with Gasteiger partial charge in [-0.3, -0.25) is 9.59 Å². The number of carbonyl (C=O) groups excluding carboxylic acids is 3. The van der Waals surface area contributed by atoms with Crippen LogP contribution in [-0.2, 0) is 23.8 Å². The molecule has 0 aromatic heterocycles. The molecule has 3 aliphatic heterocycles. The number of esters is 1. The fourth-order valence-electron chi connectivity index (χ4n) is 6.19. The summed E-state index contributed by atoms with van der Waals surface area (Å²) in [5.41, 5.74) is 0.479. The van der Waals surface area contributed by atoms with E-state index in [9.17, 15) is 14.4 Å². The van der Waals surface area contributed by atoms with E-state index in [2.05, 4.69) is 44.3 Å². The number of carbonyl (C=O) groups is 3. The van der Waals surface area contributed by atoms with Gasteiger partial charge in [0.1, 0.15) is 28.6 Å². The fraction of sp³-hybridized carbons (Fsp3) is 0.719. The maximum absolute atomic E-state index is 13.8. The van der Waals surface area contributed by atoms with E-state index < -0.39 is 34.9 Å². The lowest BCUT2D eigenvalue weighted by molar-refractivity contribution is -0.189. The molecule has 0 spiro atoms. The molecule has 0 unspecified atom stereocenters. The van der Waals surface area contributed by atoms with E-state index in [1.807, 2.05) is 0 Å². The normalized spacial score (nSPS) is 25.9. The fourth-order valence-corrected chi connectivity index (χ4v) is 6.19. The molecule has 0 aliphatic carbocycles. The van der Waals surface area contributed by atoms with Gasteiger partial charge in [-0.05, 0) is 93.2 Å². The smallest absolute Gasteiger partial charge is 0.408 e. The molecule has 2 amide bonds. The van der Waals surface area contributed by atoms with Gasteiger partial charge < -0.3 is 29.2 Å². The molecular weight excluding hydrogens is 524 g/mol. The highest BCUT2D eigenvalue weighted by Crippen LogP contribution is 2.53. The van der Waals surface area contributed by atoms with E-state index in [0.717, 1.165) is 23.3 Å². The molecule has 2 fully saturated rings. The van der Waals surface area contributed by atoms with Crippen LogP contribution < -0.4 is 10.1 Å². The van der Waals surface area contributed by atoms with Gasteiger partial charge in [0.25, 0.3) is 0 Å². The summed E-state index contributed by atoms with van der Waals surface area (Å²) in [6, 6.07) is 5.40. The summed E-state index contributed by atoms with van der Waals surface area (Å²) in [5, 5.41) is 2.72. The summed E-state index contributed by atoms with van der Waals surface area (Å²) in [4.78, 5) is 40.7. The Bertz CT molecular complexity index is 1150. The number of rotatable bonds is 5. The Hall–Kier alpha value is -2.81. The number of fused-ring (bicyclic) bond motifs is 4. The number of nitrogens with zero attached hydrogens (tertiary/aromatic N) is 1. The maximum atomic E-state index is 13.8. The van der Waals surface area contributed by atoms with Crippen molar-refractivity contribution in [1.82, 2.24) is 10.2 Å². The summed E-state index contributed by atoms with van der Waals surface area (Å²) in [6.45, 7) is 18.0. The molecule has 0 radical (unpaired) electrons. The van der Waals surface area contributed by atoms with Gasteiger partial charge in [0.2, 0.25) is 5.91 Å². The van der Waals surface area contributed by atoms with Crippen LogP contribution >= 0.6 is 0 Å². The second kappa shape index (κ2) is 11.5. The molecule has 0 saturated carbocycles. The van der Waals surface area contributed by atoms with Crippen LogP contribution in [0.2, 0.25) is 0 Å². The van der Waals surface area contributed by atoms with E-state index in [4.69, 9.17) is 18.9 Å². The van der Waals surface area contributed by atoms with Crippen LogP contribution in [-0.4, -0.2) is 64.9 Å². The average Bonchev–Trinajstić information content (AvgIpc) is 2.82. The van der Waals surface area contributed by atoms with E-state index in [-0.39, 0.29) is 42.8 Å². The molecule has 1 aromatic rings. The molecule has 5 atom stereocenters. The average molecular weight is 573 g/mol. The van der Waals surface area contributed by atoms with Gasteiger partial charge in [-0.25, -0.2) is 4.79 Å². The molecular formula is C32H48N2O7. The van der Waals surface area contributed by atoms with Crippen molar-refractivity contribution in [3.8, 4) is 5.75 Å². The topological polar surface area (TPSA) is 103 Å². The summed E-state index contributed by atoms with van der Waals surface area (Å²) in [5.74, 6) is 0.527. The van der Waals surface area contributed by atoms with Gasteiger partial charge in [0, 0.05) is 36.9 Å². The van der Waals surface area contributed by atoms with Crippen molar-refractivity contribution in [3.05, 3.63) is 29.3 Å². The third-order valence-electron chi connectivity index (χ3n) is 8.01. The van der Waals surface area contributed by atoms with Gasteiger partial charge >= 0.3 is 12.1 Å². The zero-order chi connectivity index (χ0) is 30.3. The molecule has 41 heavy (non-hydrogen) atoms. The lowest BCUT2D eigenvalue weighted by Crippen LogP contribution is -2.58. The molecule has 9 heteroatoms. The predicted molar refractivity (Wildman–Crippen MR) is 155 cm³/mol. The number of ether oxygens (including phenoxy) is 4. The van der Waals surface area contributed by atoms with E-state index in [1.54, 1.807) is 46.4 Å². The summed E-state index contributed by atoms with van der Waals surface area (Å²) < 4.78 is 24.1. The highest BCUT2D eigenvalue weighted by molar-refractivity contribution is 5.86. The quantitative estimate of drug-likeness (QED) is 0.466. The first-order valence-corrected chi connectivity index (χ1v) is 14.9. The second-order valence-electron chi connectivity index (χ2n) is 14.3. The number of benzene rings is 1. The number of likely N-dealkylation sites (tertiary alicyclic amines) is 1. The van der Waals surface area contributed by atoms with Crippen LogP contribution in [0.25, 0.3) is 0 Å². The number of hydrogen-bond acceptors (Lipinski definition) is 7. The number of hydrogen-bond donors (Lipinski definition) is 1. The van der Waals surface area contributed by atoms with Crippen molar-refractivity contribution >= 4 is 18.0 Å². The number of piperidine rings is 1. The van der Waals surface area contributed by atoms with Gasteiger partial charge in [0.05, 0.1) is 12.2 Å². The summed E-state index contributed by atoms with van der Waals surface area (Å²) in [6.07, 6.45) is 0.982. The van der Waals surface area contributed by atoms with Crippen LogP contribution in [0.3, 0.4) is 0 Å². The van der Waals surface area contributed by atoms with Crippen LogP contribution in [0.15, 0.2) is 18.2 Å². The standard InChI is InChI=1S/C32H48N2O7/c1-19-10-11-21-25(16-19)39-32(8,9)22-17-20-18-34(15-14-24(20)38-27(21)22)28(36)23(33-29(37)41-31(5,6)7)12-13-26(35)40-30(2,3)4/h10-11,16,20,22-24,27H,12-15,17-18H2,1-9H3,(H,33,37)/t20-,22+,23+,24+,27-/m1/s1. The number of alkyl carbamates (subject to hydrolysis) is 1. The van der Waals surface area contributed by atoms with Crippen LogP contribution in [0.1, 0.15) is 98.3 Å². The van der Waals surface area contributed by atoms with Crippen LogP contribution in [0.4, 0.5) is 4.79 Å². The zero-order valence-electron chi connectivity index (χ0n) is 26.2. The lowest BCUT2D eigenvalue weighted by atomic mass is 9.70. The largest absolute Gasteiger partial charge is 0.487 e. The van der Waals surface area contributed by atoms with Crippen molar-refractivity contribution < 1.29 is 33.3 Å². The van der Waals surface area contributed by atoms with Crippen molar-refractivity contribution in [2.24, 2.45) is 11.8 Å². The van der Waals surface area contributed by atoms with Crippen molar-refractivity contribution in [1.29, 1.82) is 0 Å². The third kappa shape index (κ3) is 7.73. The first-order chi connectivity index (χ1) is 18.9. The van der Waals surface area contributed by atoms with Crippen LogP contribution in [0.5, 0.6) is 5.75 Å². The molecule has 0 bridgehead atoms. The number of nitrogens with one attached hydrogen (secondary N) is 1.